The molecule has 2 aliphatic heterocycles. The Hall–Kier alpha value is -2.04. The summed E-state index contributed by atoms with van der Waals surface area (Å²) in [5, 5.41) is 2.99. The number of nitrogens with zero attached hydrogens (tertiary/aromatic N) is 2. The van der Waals surface area contributed by atoms with Crippen LogP contribution in [0.2, 0.25) is 0 Å². The molecule has 2 heterocycles. The van der Waals surface area contributed by atoms with Crippen LogP contribution in [0.1, 0.15) is 55.3 Å². The highest BCUT2D eigenvalue weighted by Crippen LogP contribution is 2.32. The Balaban J connectivity index is 1.61. The lowest BCUT2D eigenvalue weighted by Gasteiger charge is -2.29. The molecule has 0 atom stereocenters. The van der Waals surface area contributed by atoms with Crippen molar-refractivity contribution in [2.24, 2.45) is 5.92 Å². The van der Waals surface area contributed by atoms with E-state index in [9.17, 15) is 9.59 Å². The number of carbonyl (C=O) groups is 2. The summed E-state index contributed by atoms with van der Waals surface area (Å²) in [6, 6.07) is 5.86. The number of carbonyl (C=O) groups excluding carboxylic acids is 2. The van der Waals surface area contributed by atoms with E-state index < -0.39 is 0 Å². The molecule has 0 unspecified atom stereocenters. The molecule has 0 bridgehead atoms. The van der Waals surface area contributed by atoms with Crippen molar-refractivity contribution in [3.63, 3.8) is 0 Å². The summed E-state index contributed by atoms with van der Waals surface area (Å²) in [6.45, 7) is 3.70. The van der Waals surface area contributed by atoms with Crippen LogP contribution in [0, 0.1) is 5.92 Å². The van der Waals surface area contributed by atoms with Crippen molar-refractivity contribution < 1.29 is 9.59 Å². The lowest BCUT2D eigenvalue weighted by atomic mass is 10.1. The highest BCUT2D eigenvalue weighted by atomic mass is 16.2. The van der Waals surface area contributed by atoms with E-state index in [1.807, 2.05) is 23.1 Å². The van der Waals surface area contributed by atoms with Gasteiger partial charge in [-0.2, -0.15) is 0 Å². The summed E-state index contributed by atoms with van der Waals surface area (Å²) in [5.74, 6) is 0.369. The lowest BCUT2D eigenvalue weighted by Crippen LogP contribution is -2.36. The van der Waals surface area contributed by atoms with Crippen LogP contribution in [0.4, 0.5) is 11.4 Å². The number of rotatable bonds is 4. The topological polar surface area (TPSA) is 52.7 Å². The van der Waals surface area contributed by atoms with Crippen LogP contribution < -0.4 is 10.2 Å². The van der Waals surface area contributed by atoms with Gasteiger partial charge in [0.1, 0.15) is 0 Å². The van der Waals surface area contributed by atoms with Crippen LogP contribution in [-0.2, 0) is 4.79 Å². The molecule has 25 heavy (non-hydrogen) atoms. The lowest BCUT2D eigenvalue weighted by molar-refractivity contribution is -0.117. The minimum absolute atomic E-state index is 0.0882. The van der Waals surface area contributed by atoms with Gasteiger partial charge in [0, 0.05) is 43.5 Å². The quantitative estimate of drug-likeness (QED) is 0.914. The van der Waals surface area contributed by atoms with Gasteiger partial charge in [-0.3, -0.25) is 9.59 Å². The van der Waals surface area contributed by atoms with E-state index in [2.05, 4.69) is 10.2 Å². The molecule has 4 rings (SSSR count). The average molecular weight is 341 g/mol. The molecule has 3 fully saturated rings. The highest BCUT2D eigenvalue weighted by Gasteiger charge is 2.30. The molecule has 2 amide bonds. The van der Waals surface area contributed by atoms with Crippen molar-refractivity contribution in [3.05, 3.63) is 23.8 Å². The van der Waals surface area contributed by atoms with E-state index in [0.717, 1.165) is 68.8 Å². The van der Waals surface area contributed by atoms with Crippen molar-refractivity contribution in [2.75, 3.05) is 36.4 Å². The zero-order chi connectivity index (χ0) is 17.2. The Morgan fingerprint density at radius 3 is 2.28 bits per heavy atom. The van der Waals surface area contributed by atoms with Gasteiger partial charge in [0.15, 0.2) is 0 Å². The molecule has 0 radical (unpaired) electrons. The third-order valence-electron chi connectivity index (χ3n) is 5.53. The van der Waals surface area contributed by atoms with Crippen molar-refractivity contribution in [3.8, 4) is 0 Å². The number of nitrogens with one attached hydrogen (secondary N) is 1. The number of hydrogen-bond donors (Lipinski definition) is 1. The van der Waals surface area contributed by atoms with Crippen molar-refractivity contribution in [1.82, 2.24) is 4.90 Å². The second-order valence-electron chi connectivity index (χ2n) is 7.54. The molecule has 134 valence electrons. The monoisotopic (exact) mass is 341 g/mol. The van der Waals surface area contributed by atoms with Gasteiger partial charge in [0.05, 0.1) is 5.56 Å². The summed E-state index contributed by atoms with van der Waals surface area (Å²) in [6.07, 6.45) is 7.70. The number of piperidine rings is 1. The molecule has 3 aliphatic rings. The van der Waals surface area contributed by atoms with E-state index in [4.69, 9.17) is 0 Å². The Labute approximate surface area is 149 Å². The summed E-state index contributed by atoms with van der Waals surface area (Å²) < 4.78 is 0. The van der Waals surface area contributed by atoms with Gasteiger partial charge in [0.25, 0.3) is 5.91 Å². The van der Waals surface area contributed by atoms with Crippen LogP contribution >= 0.6 is 0 Å². The third kappa shape index (κ3) is 3.65. The SMILES string of the molecule is O=C(Nc1ccc(N2CCCC2)c(C(=O)N2CCCCC2)c1)C1CC1. The Kier molecular flexibility index (Phi) is 4.64. The molecule has 5 heteroatoms. The molecule has 1 aromatic carbocycles. The standard InChI is InChI=1S/C20H27N3O2/c24-19(15-6-7-15)21-16-8-9-18(22-10-4-5-11-22)17(14-16)20(25)23-12-2-1-3-13-23/h8-9,14-15H,1-7,10-13H2,(H,21,24). The highest BCUT2D eigenvalue weighted by molar-refractivity contribution is 6.02. The van der Waals surface area contributed by atoms with E-state index >= 15 is 0 Å². The van der Waals surface area contributed by atoms with Gasteiger partial charge in [0.2, 0.25) is 5.91 Å². The van der Waals surface area contributed by atoms with Gasteiger partial charge in [-0.15, -0.1) is 0 Å². The van der Waals surface area contributed by atoms with Crippen molar-refractivity contribution >= 4 is 23.2 Å². The number of likely N-dealkylation sites (tertiary alicyclic amines) is 1. The number of amides is 2. The molecule has 1 aliphatic carbocycles. The second kappa shape index (κ2) is 7.06. The first-order valence-corrected chi connectivity index (χ1v) is 9.71. The van der Waals surface area contributed by atoms with Gasteiger partial charge in [-0.1, -0.05) is 0 Å². The number of hydrogen-bond acceptors (Lipinski definition) is 3. The van der Waals surface area contributed by atoms with Gasteiger partial charge in [-0.05, 0) is 63.1 Å². The first kappa shape index (κ1) is 16.4. The normalized spacial score (nSPS) is 20.6. The maximum Gasteiger partial charge on any atom is 0.256 e. The molecule has 5 nitrogen and oxygen atoms in total. The summed E-state index contributed by atoms with van der Waals surface area (Å²) in [5.41, 5.74) is 2.52. The average Bonchev–Trinajstić information content (AvgIpc) is 3.37. The maximum absolute atomic E-state index is 13.1. The fourth-order valence-corrected chi connectivity index (χ4v) is 3.88. The largest absolute Gasteiger partial charge is 0.371 e. The zero-order valence-corrected chi connectivity index (χ0v) is 14.8. The summed E-state index contributed by atoms with van der Waals surface area (Å²) in [4.78, 5) is 29.5. The Morgan fingerprint density at radius 2 is 1.60 bits per heavy atom. The fraction of sp³-hybridized carbons (Fsp3) is 0.600. The number of benzene rings is 1. The fourth-order valence-electron chi connectivity index (χ4n) is 3.88. The second-order valence-corrected chi connectivity index (χ2v) is 7.54. The van der Waals surface area contributed by atoms with E-state index in [1.165, 1.54) is 19.3 Å². The molecular weight excluding hydrogens is 314 g/mol. The molecule has 1 N–H and O–H groups in total. The van der Waals surface area contributed by atoms with Gasteiger partial charge >= 0.3 is 0 Å². The number of anilines is 2. The minimum atomic E-state index is 0.0882. The third-order valence-corrected chi connectivity index (χ3v) is 5.53. The summed E-state index contributed by atoms with van der Waals surface area (Å²) >= 11 is 0. The van der Waals surface area contributed by atoms with Crippen LogP contribution in [-0.4, -0.2) is 42.9 Å². The van der Waals surface area contributed by atoms with E-state index in [1.54, 1.807) is 0 Å². The molecule has 1 saturated carbocycles. The predicted octanol–water partition coefficient (Wildman–Crippen LogP) is 3.26. The predicted molar refractivity (Wildman–Crippen MR) is 99.0 cm³/mol. The maximum atomic E-state index is 13.1. The van der Waals surface area contributed by atoms with E-state index in [-0.39, 0.29) is 17.7 Å². The van der Waals surface area contributed by atoms with E-state index in [0.29, 0.717) is 0 Å². The first-order valence-electron chi connectivity index (χ1n) is 9.71. The molecule has 0 aromatic heterocycles. The van der Waals surface area contributed by atoms with Crippen molar-refractivity contribution in [1.29, 1.82) is 0 Å². The zero-order valence-electron chi connectivity index (χ0n) is 14.8. The van der Waals surface area contributed by atoms with Crippen LogP contribution in [0.15, 0.2) is 18.2 Å². The Morgan fingerprint density at radius 1 is 0.920 bits per heavy atom. The van der Waals surface area contributed by atoms with Gasteiger partial charge < -0.3 is 15.1 Å². The molecule has 1 aromatic rings. The Bertz CT molecular complexity index is 657. The summed E-state index contributed by atoms with van der Waals surface area (Å²) in [7, 11) is 0. The smallest absolute Gasteiger partial charge is 0.256 e. The van der Waals surface area contributed by atoms with Gasteiger partial charge in [-0.25, -0.2) is 0 Å². The van der Waals surface area contributed by atoms with Crippen LogP contribution in [0.5, 0.6) is 0 Å². The van der Waals surface area contributed by atoms with Crippen LogP contribution in [0.3, 0.4) is 0 Å². The minimum Gasteiger partial charge on any atom is -0.371 e. The first-order chi connectivity index (χ1) is 12.2. The van der Waals surface area contributed by atoms with Crippen molar-refractivity contribution in [2.45, 2.75) is 44.9 Å². The van der Waals surface area contributed by atoms with Crippen LogP contribution in [0.25, 0.3) is 0 Å². The molecule has 0 spiro atoms. The molecule has 2 saturated heterocycles. The molecular formula is C20H27N3O2.